The van der Waals surface area contributed by atoms with E-state index in [0.29, 0.717) is 29.7 Å². The first kappa shape index (κ1) is 34.0. The highest BCUT2D eigenvalue weighted by atomic mass is 35.5. The number of ether oxygens (including phenoxy) is 1. The molecule has 0 fully saturated rings. The number of hydrogen-bond acceptors (Lipinski definition) is 9. The van der Waals surface area contributed by atoms with Crippen LogP contribution in [0.1, 0.15) is 16.8 Å². The van der Waals surface area contributed by atoms with Gasteiger partial charge in [0, 0.05) is 28.9 Å². The molecule has 0 aliphatic heterocycles. The minimum Gasteiger partial charge on any atom is -0.487 e. The van der Waals surface area contributed by atoms with Crippen LogP contribution in [0.4, 0.5) is 29.1 Å². The number of likely N-dealkylation sites (N-methyl/N-ethyl adjacent to an activating group) is 1. The molecule has 0 amide bonds. The number of rotatable bonds is 9. The highest BCUT2D eigenvalue weighted by molar-refractivity contribution is 7.22. The van der Waals surface area contributed by atoms with Crippen molar-refractivity contribution in [2.45, 2.75) is 38.3 Å². The maximum atomic E-state index is 13.5. The zero-order valence-corrected chi connectivity index (χ0v) is 26.6. The van der Waals surface area contributed by atoms with Gasteiger partial charge in [-0.2, -0.15) is 18.3 Å². The number of carbonyl (C=O) groups is 1. The third-order valence-electron chi connectivity index (χ3n) is 6.98. The maximum absolute atomic E-state index is 13.5. The van der Waals surface area contributed by atoms with E-state index in [2.05, 4.69) is 15.3 Å². The number of carboxylic acid groups (broad SMARTS) is 1. The second-order valence-electron chi connectivity index (χ2n) is 10.9. The smallest absolute Gasteiger partial charge is 0.487 e. The summed E-state index contributed by atoms with van der Waals surface area (Å²) < 4.78 is 52.9. The van der Waals surface area contributed by atoms with E-state index in [1.165, 1.54) is 17.7 Å². The van der Waals surface area contributed by atoms with Crippen LogP contribution < -0.4 is 10.1 Å². The number of hydrogen-bond donors (Lipinski definition) is 3. The standard InChI is InChI=1S/C29H28ClFN6O2S.C2HF3O2/c1-36(2)12-20(38)13-37-14-22-24(35-37)8-7-21-26-28(32-16-33-29(26)40-27(21)22)34-19-6-9-25(23(30)11-19)39-15-17-4-3-5-18(31)10-17;3-2(4,5)1(6)7/h3-6,9-11,14,16,20,38H,7-8,12-13,15H2,1-2H3,(H,32,33,34);(H,6,7)/t20-;/m1./s1. The second kappa shape index (κ2) is 14.2. The number of fused-ring (bicyclic) bond motifs is 5. The molecule has 3 heterocycles. The monoisotopic (exact) mass is 692 g/mol. The van der Waals surface area contributed by atoms with Crippen LogP contribution in [-0.2, 0) is 30.8 Å². The summed E-state index contributed by atoms with van der Waals surface area (Å²) in [5.41, 5.74) is 4.82. The van der Waals surface area contributed by atoms with Crippen molar-refractivity contribution in [2.24, 2.45) is 0 Å². The molecule has 3 aromatic heterocycles. The molecule has 1 aliphatic carbocycles. The largest absolute Gasteiger partial charge is 0.490 e. The van der Waals surface area contributed by atoms with E-state index in [-0.39, 0.29) is 12.4 Å². The number of benzene rings is 2. The van der Waals surface area contributed by atoms with Gasteiger partial charge in [-0.05, 0) is 68.4 Å². The lowest BCUT2D eigenvalue weighted by atomic mass is 9.95. The van der Waals surface area contributed by atoms with Crippen LogP contribution in [0.5, 0.6) is 5.75 Å². The van der Waals surface area contributed by atoms with Crippen LogP contribution in [0.25, 0.3) is 20.7 Å². The Morgan fingerprint density at radius 3 is 2.64 bits per heavy atom. The van der Waals surface area contributed by atoms with Crippen molar-refractivity contribution in [1.29, 1.82) is 0 Å². The molecule has 0 radical (unpaired) electrons. The molecule has 2 aromatic carbocycles. The van der Waals surface area contributed by atoms with Gasteiger partial charge in [-0.3, -0.25) is 4.68 Å². The van der Waals surface area contributed by atoms with E-state index in [1.807, 2.05) is 35.9 Å². The molecular formula is C31H29ClF4N6O4S. The van der Waals surface area contributed by atoms with Gasteiger partial charge in [-0.25, -0.2) is 19.2 Å². The number of aliphatic hydroxyl groups excluding tert-OH is 1. The van der Waals surface area contributed by atoms with Crippen LogP contribution in [0.3, 0.4) is 0 Å². The predicted molar refractivity (Wildman–Crippen MR) is 170 cm³/mol. The molecule has 6 rings (SSSR count). The first-order valence-electron chi connectivity index (χ1n) is 14.2. The third kappa shape index (κ3) is 8.35. The number of carboxylic acids is 1. The van der Waals surface area contributed by atoms with E-state index in [9.17, 15) is 22.7 Å². The number of thiophene rings is 1. The molecule has 1 atom stereocenters. The third-order valence-corrected chi connectivity index (χ3v) is 8.44. The Balaban J connectivity index is 0.000000559. The fourth-order valence-corrected chi connectivity index (χ4v) is 6.49. The molecule has 0 bridgehead atoms. The van der Waals surface area contributed by atoms with Gasteiger partial charge < -0.3 is 25.2 Å². The summed E-state index contributed by atoms with van der Waals surface area (Å²) in [6, 6.07) is 11.7. The van der Waals surface area contributed by atoms with E-state index in [4.69, 9.17) is 31.3 Å². The molecule has 10 nitrogen and oxygen atoms in total. The number of aliphatic hydroxyl groups is 1. The topological polar surface area (TPSA) is 126 Å². The van der Waals surface area contributed by atoms with Crippen molar-refractivity contribution in [3.05, 3.63) is 82.6 Å². The Labute approximate surface area is 275 Å². The van der Waals surface area contributed by atoms with Crippen molar-refractivity contribution in [3.8, 4) is 16.2 Å². The number of aromatic nitrogens is 4. The summed E-state index contributed by atoms with van der Waals surface area (Å²) in [6.45, 7) is 1.24. The minimum atomic E-state index is -5.08. The van der Waals surface area contributed by atoms with Crippen LogP contribution in [0, 0.1) is 5.82 Å². The number of alkyl halides is 3. The predicted octanol–water partition coefficient (Wildman–Crippen LogP) is 6.32. The molecule has 47 heavy (non-hydrogen) atoms. The van der Waals surface area contributed by atoms with Crippen molar-refractivity contribution >= 4 is 50.6 Å². The van der Waals surface area contributed by atoms with Gasteiger partial charge in [-0.15, -0.1) is 11.3 Å². The number of aliphatic carboxylic acids is 1. The van der Waals surface area contributed by atoms with Gasteiger partial charge >= 0.3 is 12.1 Å². The van der Waals surface area contributed by atoms with Gasteiger partial charge in [0.25, 0.3) is 0 Å². The Morgan fingerprint density at radius 2 is 1.96 bits per heavy atom. The number of aryl methyl sites for hydroxylation is 2. The van der Waals surface area contributed by atoms with Crippen molar-refractivity contribution in [3.63, 3.8) is 0 Å². The van der Waals surface area contributed by atoms with E-state index in [0.717, 1.165) is 50.4 Å². The number of nitrogens with zero attached hydrogens (tertiary/aromatic N) is 5. The maximum Gasteiger partial charge on any atom is 0.490 e. The first-order valence-corrected chi connectivity index (χ1v) is 15.4. The summed E-state index contributed by atoms with van der Waals surface area (Å²) >= 11 is 8.16. The Morgan fingerprint density at radius 1 is 1.19 bits per heavy atom. The summed E-state index contributed by atoms with van der Waals surface area (Å²) in [4.78, 5) is 22.0. The average molecular weight is 693 g/mol. The summed E-state index contributed by atoms with van der Waals surface area (Å²) in [5, 5.41) is 27.1. The Bertz CT molecular complexity index is 1900. The Kier molecular flexibility index (Phi) is 10.3. The molecule has 16 heteroatoms. The fraction of sp³-hybridized carbons (Fsp3) is 0.290. The lowest BCUT2D eigenvalue weighted by Gasteiger charge is -2.15. The van der Waals surface area contributed by atoms with Crippen LogP contribution >= 0.6 is 22.9 Å². The molecule has 0 saturated heterocycles. The summed E-state index contributed by atoms with van der Waals surface area (Å²) in [6.07, 6.45) is -0.348. The zero-order valence-electron chi connectivity index (χ0n) is 25.1. The minimum absolute atomic E-state index is 0.213. The van der Waals surface area contributed by atoms with Crippen LogP contribution in [-0.4, -0.2) is 73.8 Å². The first-order chi connectivity index (χ1) is 22.3. The SMILES string of the molecule is CN(C)C[C@@H](O)Cn1cc2c(n1)CCc1c-2sc2ncnc(Nc3ccc(OCc4cccc(F)c4)c(Cl)c3)c12.O=C(O)C(F)(F)F. The quantitative estimate of drug-likeness (QED) is 0.152. The number of halogens is 5. The summed E-state index contributed by atoms with van der Waals surface area (Å²) in [7, 11) is 3.89. The highest BCUT2D eigenvalue weighted by Gasteiger charge is 2.38. The number of anilines is 2. The van der Waals surface area contributed by atoms with Gasteiger partial charge in [0.15, 0.2) is 0 Å². The van der Waals surface area contributed by atoms with Gasteiger partial charge in [-0.1, -0.05) is 23.7 Å². The lowest BCUT2D eigenvalue weighted by Crippen LogP contribution is -2.29. The van der Waals surface area contributed by atoms with Crippen molar-refractivity contribution in [2.75, 3.05) is 26.0 Å². The molecule has 248 valence electrons. The fourth-order valence-electron chi connectivity index (χ4n) is 5.03. The molecular weight excluding hydrogens is 664 g/mol. The zero-order chi connectivity index (χ0) is 33.9. The normalized spacial score (nSPS) is 13.0. The van der Waals surface area contributed by atoms with E-state index < -0.39 is 18.2 Å². The summed E-state index contributed by atoms with van der Waals surface area (Å²) in [5.74, 6) is -1.84. The molecule has 0 unspecified atom stereocenters. The molecule has 0 spiro atoms. The van der Waals surface area contributed by atoms with Gasteiger partial charge in [0.2, 0.25) is 0 Å². The van der Waals surface area contributed by atoms with E-state index in [1.54, 1.807) is 41.9 Å². The average Bonchev–Trinajstić information content (AvgIpc) is 3.57. The van der Waals surface area contributed by atoms with Crippen LogP contribution in [0.2, 0.25) is 5.02 Å². The van der Waals surface area contributed by atoms with Crippen molar-refractivity contribution < 1.29 is 37.3 Å². The molecule has 5 aromatic rings. The van der Waals surface area contributed by atoms with Gasteiger partial charge in [0.1, 0.15) is 35.1 Å². The molecule has 1 aliphatic rings. The van der Waals surface area contributed by atoms with Crippen LogP contribution in [0.15, 0.2) is 55.0 Å². The Hall–Kier alpha value is -4.31. The van der Waals surface area contributed by atoms with E-state index >= 15 is 0 Å². The molecule has 3 N–H and O–H groups in total. The second-order valence-corrected chi connectivity index (χ2v) is 12.3. The van der Waals surface area contributed by atoms with Gasteiger partial charge in [0.05, 0.1) is 28.8 Å². The van der Waals surface area contributed by atoms with Crippen molar-refractivity contribution in [1.82, 2.24) is 24.6 Å². The highest BCUT2D eigenvalue weighted by Crippen LogP contribution is 2.45. The molecule has 0 saturated carbocycles. The lowest BCUT2D eigenvalue weighted by molar-refractivity contribution is -0.192. The number of nitrogens with one attached hydrogen (secondary N) is 1.